The molecule has 0 radical (unpaired) electrons. The molecule has 222 valence electrons. The first-order valence-corrected chi connectivity index (χ1v) is 17.0. The second-order valence-corrected chi connectivity index (χ2v) is 13.2. The van der Waals surface area contributed by atoms with E-state index >= 15 is 0 Å². The van der Waals surface area contributed by atoms with Crippen LogP contribution in [-0.2, 0) is 16.0 Å². The lowest BCUT2D eigenvalue weighted by Gasteiger charge is -2.11. The summed E-state index contributed by atoms with van der Waals surface area (Å²) in [6.45, 7) is 8.18. The van der Waals surface area contributed by atoms with Gasteiger partial charge in [0.05, 0.1) is 17.2 Å². The Kier molecular flexibility index (Phi) is 10.1. The van der Waals surface area contributed by atoms with Gasteiger partial charge in [-0.15, -0.1) is 32.9 Å². The first-order chi connectivity index (χ1) is 20.9. The van der Waals surface area contributed by atoms with Gasteiger partial charge in [-0.1, -0.05) is 73.1 Å². The van der Waals surface area contributed by atoms with Crippen molar-refractivity contribution in [3.05, 3.63) is 87.6 Å². The Bertz CT molecular complexity index is 1690. The summed E-state index contributed by atoms with van der Waals surface area (Å²) in [4.78, 5) is 28.3. The van der Waals surface area contributed by atoms with Crippen LogP contribution < -0.4 is 5.32 Å². The molecule has 2 aromatic carbocycles. The van der Waals surface area contributed by atoms with Gasteiger partial charge in [-0.05, 0) is 68.3 Å². The van der Waals surface area contributed by atoms with Gasteiger partial charge < -0.3 is 10.1 Å². The molecule has 0 aliphatic carbocycles. The lowest BCUT2D eigenvalue weighted by molar-refractivity contribution is -0.113. The van der Waals surface area contributed by atoms with Gasteiger partial charge in [0.25, 0.3) is 0 Å². The summed E-state index contributed by atoms with van der Waals surface area (Å²) in [5.41, 5.74) is 5.44. The maximum Gasteiger partial charge on any atom is 0.341 e. The zero-order chi connectivity index (χ0) is 30.3. The molecule has 5 rings (SSSR count). The third-order valence-corrected chi connectivity index (χ3v) is 9.69. The van der Waals surface area contributed by atoms with Crippen molar-refractivity contribution in [2.24, 2.45) is 0 Å². The molecule has 1 amide bonds. The monoisotopic (exact) mass is 630 g/mol. The van der Waals surface area contributed by atoms with Crippen LogP contribution in [0.4, 0.5) is 5.00 Å². The molecule has 0 atom stereocenters. The molecule has 10 heteroatoms. The average Bonchev–Trinajstić information content (AvgIpc) is 3.75. The summed E-state index contributed by atoms with van der Waals surface area (Å²) >= 11 is 4.28. The highest BCUT2D eigenvalue weighted by molar-refractivity contribution is 7.99. The number of unbranched alkanes of at least 4 members (excludes halogenated alkanes) is 1. The van der Waals surface area contributed by atoms with Crippen molar-refractivity contribution in [1.29, 1.82) is 0 Å². The Morgan fingerprint density at radius 3 is 2.44 bits per heavy atom. The highest BCUT2D eigenvalue weighted by atomic mass is 32.2. The quantitative estimate of drug-likeness (QED) is 0.110. The topological polar surface area (TPSA) is 86.1 Å². The van der Waals surface area contributed by atoms with E-state index < -0.39 is 5.97 Å². The molecule has 3 heterocycles. The molecular weight excluding hydrogens is 597 g/mol. The smallest absolute Gasteiger partial charge is 0.341 e. The number of ether oxygens (including phenoxy) is 1. The van der Waals surface area contributed by atoms with Crippen molar-refractivity contribution in [2.45, 2.75) is 52.1 Å². The molecule has 0 bridgehead atoms. The van der Waals surface area contributed by atoms with Gasteiger partial charge in [0.1, 0.15) is 10.6 Å². The number of esters is 1. The number of rotatable bonds is 12. The van der Waals surface area contributed by atoms with E-state index in [9.17, 15) is 9.59 Å². The fourth-order valence-corrected chi connectivity index (χ4v) is 7.28. The molecule has 0 fully saturated rings. The van der Waals surface area contributed by atoms with Crippen LogP contribution >= 0.6 is 34.4 Å². The zero-order valence-electron chi connectivity index (χ0n) is 24.7. The van der Waals surface area contributed by atoms with Crippen molar-refractivity contribution in [3.63, 3.8) is 0 Å². The van der Waals surface area contributed by atoms with Crippen LogP contribution in [0.5, 0.6) is 0 Å². The third kappa shape index (κ3) is 7.09. The Labute approximate surface area is 264 Å². The molecule has 0 aliphatic heterocycles. The van der Waals surface area contributed by atoms with E-state index in [0.29, 0.717) is 15.7 Å². The van der Waals surface area contributed by atoms with Gasteiger partial charge in [0.2, 0.25) is 5.91 Å². The van der Waals surface area contributed by atoms with Crippen molar-refractivity contribution in [3.8, 4) is 27.5 Å². The fourth-order valence-electron chi connectivity index (χ4n) is 4.75. The number of carbonyl (C=O) groups is 2. The van der Waals surface area contributed by atoms with Crippen LogP contribution in [0.3, 0.4) is 0 Å². The van der Waals surface area contributed by atoms with E-state index in [-0.39, 0.29) is 18.3 Å². The standard InChI is InChI=1S/C33H34N4O3S3/c1-5-7-9-23-13-17-25(18-14-23)37-30(26-10-8-19-41-26)35-36-33(37)42-20-27(38)34-31-29(32(39)40-6-2)28(22(4)43-31)24-15-11-21(3)12-16-24/h8,10-19H,5-7,9,20H2,1-4H3,(H,34,38). The third-order valence-electron chi connectivity index (χ3n) is 6.88. The van der Waals surface area contributed by atoms with Gasteiger partial charge in [0.15, 0.2) is 11.0 Å². The molecule has 1 N–H and O–H groups in total. The summed E-state index contributed by atoms with van der Waals surface area (Å²) in [5.74, 6) is 0.138. The minimum Gasteiger partial charge on any atom is -0.462 e. The first-order valence-electron chi connectivity index (χ1n) is 14.3. The van der Waals surface area contributed by atoms with Crippen molar-refractivity contribution >= 4 is 51.3 Å². The average molecular weight is 631 g/mol. The van der Waals surface area contributed by atoms with E-state index in [4.69, 9.17) is 4.74 Å². The predicted octanol–water partition coefficient (Wildman–Crippen LogP) is 8.59. The maximum absolute atomic E-state index is 13.3. The largest absolute Gasteiger partial charge is 0.462 e. The Morgan fingerprint density at radius 1 is 1.00 bits per heavy atom. The minimum atomic E-state index is -0.451. The molecule has 3 aromatic heterocycles. The number of benzene rings is 2. The van der Waals surface area contributed by atoms with Crippen molar-refractivity contribution < 1.29 is 14.3 Å². The SMILES string of the molecule is CCCCc1ccc(-n2c(SCC(=O)Nc3sc(C)c(-c4ccc(C)cc4)c3C(=O)OCC)nnc2-c2cccs2)cc1. The normalized spacial score (nSPS) is 11.1. The van der Waals surface area contributed by atoms with Crippen molar-refractivity contribution in [1.82, 2.24) is 14.8 Å². The van der Waals surface area contributed by atoms with Gasteiger partial charge in [-0.2, -0.15) is 0 Å². The van der Waals surface area contributed by atoms with Crippen LogP contribution in [0.15, 0.2) is 71.2 Å². The predicted molar refractivity (Wildman–Crippen MR) is 178 cm³/mol. The van der Waals surface area contributed by atoms with Gasteiger partial charge in [-0.3, -0.25) is 9.36 Å². The van der Waals surface area contributed by atoms with Crippen LogP contribution in [0, 0.1) is 13.8 Å². The number of hydrogen-bond acceptors (Lipinski definition) is 8. The number of nitrogens with one attached hydrogen (secondary N) is 1. The van der Waals surface area contributed by atoms with Gasteiger partial charge >= 0.3 is 5.97 Å². The van der Waals surface area contributed by atoms with E-state index in [0.717, 1.165) is 57.2 Å². The number of thioether (sulfide) groups is 1. The number of nitrogens with zero attached hydrogens (tertiary/aromatic N) is 3. The number of amides is 1. The van der Waals surface area contributed by atoms with Crippen molar-refractivity contribution in [2.75, 3.05) is 17.7 Å². The summed E-state index contributed by atoms with van der Waals surface area (Å²) < 4.78 is 7.40. The summed E-state index contributed by atoms with van der Waals surface area (Å²) in [7, 11) is 0. The molecule has 7 nitrogen and oxygen atoms in total. The Hall–Kier alpha value is -3.73. The molecule has 0 spiro atoms. The molecule has 0 unspecified atom stereocenters. The molecule has 43 heavy (non-hydrogen) atoms. The summed E-state index contributed by atoms with van der Waals surface area (Å²) in [6.07, 6.45) is 3.34. The zero-order valence-corrected chi connectivity index (χ0v) is 27.1. The molecule has 5 aromatic rings. The number of hydrogen-bond donors (Lipinski definition) is 1. The second kappa shape index (κ2) is 14.2. The number of aryl methyl sites for hydroxylation is 3. The Balaban J connectivity index is 1.39. The molecular formula is C33H34N4O3S3. The summed E-state index contributed by atoms with van der Waals surface area (Å²) in [5, 5.41) is 15.1. The van der Waals surface area contributed by atoms with Crippen LogP contribution in [0.2, 0.25) is 0 Å². The lowest BCUT2D eigenvalue weighted by Crippen LogP contribution is -2.16. The van der Waals surface area contributed by atoms with E-state index in [1.807, 2.05) is 60.2 Å². The molecule has 0 saturated carbocycles. The van der Waals surface area contributed by atoms with E-state index in [1.165, 1.54) is 28.7 Å². The van der Waals surface area contributed by atoms with E-state index in [2.05, 4.69) is 46.7 Å². The molecule has 0 aliphatic rings. The van der Waals surface area contributed by atoms with Crippen LogP contribution in [0.1, 0.15) is 53.1 Å². The fraction of sp³-hybridized carbons (Fsp3) is 0.273. The van der Waals surface area contributed by atoms with Crippen LogP contribution in [0.25, 0.3) is 27.5 Å². The van der Waals surface area contributed by atoms with E-state index in [1.54, 1.807) is 18.3 Å². The van der Waals surface area contributed by atoms with Gasteiger partial charge in [0, 0.05) is 16.1 Å². The Morgan fingerprint density at radius 2 is 1.77 bits per heavy atom. The summed E-state index contributed by atoms with van der Waals surface area (Å²) in [6, 6.07) is 20.5. The highest BCUT2D eigenvalue weighted by Crippen LogP contribution is 2.41. The first kappa shape index (κ1) is 30.7. The number of aromatic nitrogens is 3. The number of thiophene rings is 2. The van der Waals surface area contributed by atoms with Crippen LogP contribution in [-0.4, -0.2) is 39.0 Å². The molecule has 0 saturated heterocycles. The lowest BCUT2D eigenvalue weighted by atomic mass is 10.0. The highest BCUT2D eigenvalue weighted by Gasteiger charge is 2.26. The van der Waals surface area contributed by atoms with Gasteiger partial charge in [-0.25, -0.2) is 4.79 Å². The second-order valence-electron chi connectivity index (χ2n) is 10.0. The minimum absolute atomic E-state index is 0.0935. The number of carbonyl (C=O) groups excluding carboxylic acids is 2. The maximum atomic E-state index is 13.3. The number of anilines is 1.